The van der Waals surface area contributed by atoms with E-state index in [2.05, 4.69) is 5.32 Å². The van der Waals surface area contributed by atoms with Gasteiger partial charge in [0.05, 0.1) is 11.4 Å². The Balaban J connectivity index is 1.86. The average Bonchev–Trinajstić information content (AvgIpc) is 2.71. The molecule has 0 saturated carbocycles. The van der Waals surface area contributed by atoms with Crippen molar-refractivity contribution in [1.82, 2.24) is 4.31 Å². The van der Waals surface area contributed by atoms with Crippen LogP contribution in [0.15, 0.2) is 77.7 Å². The first-order valence-corrected chi connectivity index (χ1v) is 10.9. The van der Waals surface area contributed by atoms with Gasteiger partial charge in [-0.3, -0.25) is 4.79 Å². The fourth-order valence-corrected chi connectivity index (χ4v) is 4.28. The Hall–Kier alpha value is -2.74. The molecule has 30 heavy (non-hydrogen) atoms. The highest BCUT2D eigenvalue weighted by atomic mass is 35.5. The van der Waals surface area contributed by atoms with E-state index in [1.807, 2.05) is 6.92 Å². The molecule has 1 N–H and O–H groups in total. The van der Waals surface area contributed by atoms with Gasteiger partial charge >= 0.3 is 0 Å². The van der Waals surface area contributed by atoms with Crippen LogP contribution in [0, 0.1) is 12.7 Å². The van der Waals surface area contributed by atoms with Gasteiger partial charge in [-0.1, -0.05) is 41.4 Å². The summed E-state index contributed by atoms with van der Waals surface area (Å²) in [5.41, 5.74) is 1.98. The van der Waals surface area contributed by atoms with E-state index < -0.39 is 28.3 Å². The van der Waals surface area contributed by atoms with Crippen LogP contribution in [-0.2, 0) is 21.4 Å². The highest BCUT2D eigenvalue weighted by Gasteiger charge is 2.27. The third-order valence-electron chi connectivity index (χ3n) is 4.38. The first-order chi connectivity index (χ1) is 14.2. The maximum Gasteiger partial charge on any atom is 0.243 e. The summed E-state index contributed by atoms with van der Waals surface area (Å²) in [7, 11) is -3.96. The molecule has 0 saturated heterocycles. The Morgan fingerprint density at radius 1 is 0.967 bits per heavy atom. The topological polar surface area (TPSA) is 66.5 Å². The van der Waals surface area contributed by atoms with Crippen LogP contribution < -0.4 is 5.32 Å². The van der Waals surface area contributed by atoms with Gasteiger partial charge in [0.15, 0.2) is 0 Å². The number of nitrogens with one attached hydrogen (secondary N) is 1. The second-order valence-electron chi connectivity index (χ2n) is 6.77. The molecule has 5 nitrogen and oxygen atoms in total. The third-order valence-corrected chi connectivity index (χ3v) is 6.44. The molecule has 3 aromatic rings. The van der Waals surface area contributed by atoms with E-state index in [1.54, 1.807) is 36.4 Å². The zero-order valence-electron chi connectivity index (χ0n) is 16.2. The second-order valence-corrected chi connectivity index (χ2v) is 9.14. The number of aryl methyl sites for hydroxylation is 1. The van der Waals surface area contributed by atoms with Crippen molar-refractivity contribution in [2.75, 3.05) is 11.9 Å². The van der Waals surface area contributed by atoms with Crippen molar-refractivity contribution in [2.45, 2.75) is 18.4 Å². The van der Waals surface area contributed by atoms with Gasteiger partial charge in [0.2, 0.25) is 15.9 Å². The van der Waals surface area contributed by atoms with Crippen LogP contribution in [0.3, 0.4) is 0 Å². The van der Waals surface area contributed by atoms with E-state index in [1.165, 1.54) is 36.4 Å². The van der Waals surface area contributed by atoms with E-state index in [0.29, 0.717) is 16.3 Å². The largest absolute Gasteiger partial charge is 0.325 e. The van der Waals surface area contributed by atoms with E-state index >= 15 is 0 Å². The summed E-state index contributed by atoms with van der Waals surface area (Å²) in [5.74, 6) is -0.928. The molecule has 0 aliphatic heterocycles. The lowest BCUT2D eigenvalue weighted by molar-refractivity contribution is -0.116. The molecule has 0 bridgehead atoms. The zero-order valence-corrected chi connectivity index (χ0v) is 17.8. The molecule has 0 aliphatic rings. The molecule has 3 aromatic carbocycles. The van der Waals surface area contributed by atoms with Gasteiger partial charge in [0, 0.05) is 17.3 Å². The monoisotopic (exact) mass is 446 g/mol. The van der Waals surface area contributed by atoms with Crippen molar-refractivity contribution in [3.8, 4) is 0 Å². The highest BCUT2D eigenvalue weighted by Crippen LogP contribution is 2.20. The Labute approximate surface area is 180 Å². The van der Waals surface area contributed by atoms with Crippen LogP contribution in [0.4, 0.5) is 10.1 Å². The lowest BCUT2D eigenvalue weighted by Crippen LogP contribution is -2.37. The van der Waals surface area contributed by atoms with Crippen LogP contribution in [0.5, 0.6) is 0 Å². The second kappa shape index (κ2) is 9.38. The molecular formula is C22H20ClFN2O3S. The molecule has 1 amide bonds. The maximum atomic E-state index is 13.2. The Kier molecular flexibility index (Phi) is 6.87. The molecule has 0 aliphatic carbocycles. The van der Waals surface area contributed by atoms with E-state index in [0.717, 1.165) is 9.87 Å². The molecule has 0 aromatic heterocycles. The minimum atomic E-state index is -3.96. The lowest BCUT2D eigenvalue weighted by Gasteiger charge is -2.22. The SMILES string of the molecule is Cc1ccc(S(=O)(=O)N(CC(=O)Nc2ccc(Cl)cc2)Cc2ccc(F)cc2)cc1. The quantitative estimate of drug-likeness (QED) is 0.576. The number of carbonyl (C=O) groups excluding carboxylic acids is 1. The van der Waals surface area contributed by atoms with E-state index in [9.17, 15) is 17.6 Å². The summed E-state index contributed by atoms with van der Waals surface area (Å²) in [6.07, 6.45) is 0. The Morgan fingerprint density at radius 2 is 1.57 bits per heavy atom. The number of anilines is 1. The molecule has 156 valence electrons. The minimum absolute atomic E-state index is 0.0782. The van der Waals surface area contributed by atoms with Crippen molar-refractivity contribution in [1.29, 1.82) is 0 Å². The van der Waals surface area contributed by atoms with E-state index in [-0.39, 0.29) is 11.4 Å². The average molecular weight is 447 g/mol. The molecule has 0 atom stereocenters. The summed E-state index contributed by atoms with van der Waals surface area (Å²) in [6.45, 7) is 1.37. The lowest BCUT2D eigenvalue weighted by atomic mass is 10.2. The summed E-state index contributed by atoms with van der Waals surface area (Å²) >= 11 is 5.85. The molecule has 0 spiro atoms. The van der Waals surface area contributed by atoms with Crippen LogP contribution in [0.2, 0.25) is 5.02 Å². The zero-order chi connectivity index (χ0) is 21.7. The molecule has 0 unspecified atom stereocenters. The van der Waals surface area contributed by atoms with Crippen molar-refractivity contribution >= 4 is 33.2 Å². The molecular weight excluding hydrogens is 427 g/mol. The van der Waals surface area contributed by atoms with E-state index in [4.69, 9.17) is 11.6 Å². The van der Waals surface area contributed by atoms with Crippen LogP contribution in [0.25, 0.3) is 0 Å². The first kappa shape index (κ1) is 22.0. The highest BCUT2D eigenvalue weighted by molar-refractivity contribution is 7.89. The number of halogens is 2. The summed E-state index contributed by atoms with van der Waals surface area (Å²) in [6, 6.07) is 18.4. The Bertz CT molecular complexity index is 1120. The molecule has 0 heterocycles. The summed E-state index contributed by atoms with van der Waals surface area (Å²) in [5, 5.41) is 3.18. The van der Waals surface area contributed by atoms with Crippen LogP contribution in [0.1, 0.15) is 11.1 Å². The number of rotatable bonds is 7. The smallest absolute Gasteiger partial charge is 0.243 e. The van der Waals surface area contributed by atoms with Gasteiger partial charge in [0.25, 0.3) is 0 Å². The van der Waals surface area contributed by atoms with Crippen molar-refractivity contribution in [3.05, 3.63) is 94.8 Å². The maximum absolute atomic E-state index is 13.2. The van der Waals surface area contributed by atoms with Gasteiger partial charge in [0.1, 0.15) is 5.82 Å². The number of hydrogen-bond donors (Lipinski definition) is 1. The molecule has 0 fully saturated rings. The fourth-order valence-electron chi connectivity index (χ4n) is 2.77. The van der Waals surface area contributed by atoms with Gasteiger partial charge in [-0.2, -0.15) is 4.31 Å². The minimum Gasteiger partial charge on any atom is -0.325 e. The molecule has 8 heteroatoms. The fraction of sp³-hybridized carbons (Fsp3) is 0.136. The number of amides is 1. The predicted molar refractivity (Wildman–Crippen MR) is 115 cm³/mol. The number of nitrogens with zero attached hydrogens (tertiary/aromatic N) is 1. The van der Waals surface area contributed by atoms with Gasteiger partial charge in [-0.25, -0.2) is 12.8 Å². The van der Waals surface area contributed by atoms with Crippen molar-refractivity contribution in [2.24, 2.45) is 0 Å². The normalized spacial score (nSPS) is 11.5. The molecule has 0 radical (unpaired) electrons. The van der Waals surface area contributed by atoms with Crippen molar-refractivity contribution in [3.63, 3.8) is 0 Å². The Morgan fingerprint density at radius 3 is 2.17 bits per heavy atom. The van der Waals surface area contributed by atoms with Crippen LogP contribution in [-0.4, -0.2) is 25.2 Å². The van der Waals surface area contributed by atoms with Gasteiger partial charge in [-0.05, 0) is 61.0 Å². The third kappa shape index (κ3) is 5.66. The molecule has 3 rings (SSSR count). The predicted octanol–water partition coefficient (Wildman–Crippen LogP) is 4.62. The van der Waals surface area contributed by atoms with Gasteiger partial charge < -0.3 is 5.32 Å². The van der Waals surface area contributed by atoms with Gasteiger partial charge in [-0.15, -0.1) is 0 Å². The number of carbonyl (C=O) groups is 1. The number of hydrogen-bond acceptors (Lipinski definition) is 3. The number of sulfonamides is 1. The van der Waals surface area contributed by atoms with Crippen LogP contribution >= 0.6 is 11.6 Å². The van der Waals surface area contributed by atoms with Crippen molar-refractivity contribution < 1.29 is 17.6 Å². The summed E-state index contributed by atoms with van der Waals surface area (Å²) < 4.78 is 40.7. The summed E-state index contributed by atoms with van der Waals surface area (Å²) in [4.78, 5) is 12.7. The number of benzene rings is 3. The standard InChI is InChI=1S/C22H20ClFN2O3S/c1-16-2-12-21(13-3-16)30(28,29)26(14-17-4-8-19(24)9-5-17)15-22(27)25-20-10-6-18(23)7-11-20/h2-13H,14-15H2,1H3,(H,25,27). The first-order valence-electron chi connectivity index (χ1n) is 9.11.